The van der Waals surface area contributed by atoms with Crippen molar-refractivity contribution < 1.29 is 28.2 Å². The molecule has 2 aliphatic carbocycles. The van der Waals surface area contributed by atoms with Crippen LogP contribution in [0.25, 0.3) is 0 Å². The van der Waals surface area contributed by atoms with Gasteiger partial charge in [-0.1, -0.05) is 50.1 Å². The molecule has 6 atom stereocenters. The number of nitrogens with two attached hydrogens (primary N) is 1. The zero-order valence-electron chi connectivity index (χ0n) is 25.6. The number of hydrogen-bond acceptors (Lipinski definition) is 6. The molecule has 0 bridgehead atoms. The van der Waals surface area contributed by atoms with Gasteiger partial charge in [-0.05, 0) is 104 Å². The third-order valence-electron chi connectivity index (χ3n) is 10.1. The highest BCUT2D eigenvalue weighted by Crippen LogP contribution is 2.46. The molecule has 1 saturated carbocycles. The maximum Gasteiger partial charge on any atom is 0.335 e. The number of aliphatic hydroxyl groups excluding tert-OH is 1. The number of aromatic carboxylic acids is 1. The lowest BCUT2D eigenvalue weighted by Crippen LogP contribution is -2.49. The monoisotopic (exact) mass is 644 g/mol. The Balaban J connectivity index is 1.36. The molecule has 2 aromatic rings. The summed E-state index contributed by atoms with van der Waals surface area (Å²) in [5.41, 5.74) is 3.20. The minimum atomic E-state index is -3.64. The average molecular weight is 645 g/mol. The lowest BCUT2D eigenvalue weighted by atomic mass is 9.68. The number of aliphatic hydroxyl groups is 1. The summed E-state index contributed by atoms with van der Waals surface area (Å²) in [6, 6.07) is 11.2. The molecule has 5 rings (SSSR count). The summed E-state index contributed by atoms with van der Waals surface area (Å²) in [5, 5.41) is 26.6. The molecule has 44 heavy (non-hydrogen) atoms. The first-order chi connectivity index (χ1) is 20.9. The maximum atomic E-state index is 12.1. The van der Waals surface area contributed by atoms with Crippen LogP contribution in [-0.2, 0) is 21.9 Å². The number of halogens is 1. The third-order valence-corrected chi connectivity index (χ3v) is 11.9. The largest absolute Gasteiger partial charge is 0.490 e. The highest BCUT2D eigenvalue weighted by Gasteiger charge is 2.44. The normalized spacial score (nSPS) is 25.3. The molecule has 240 valence electrons. The van der Waals surface area contributed by atoms with E-state index in [0.29, 0.717) is 38.3 Å². The van der Waals surface area contributed by atoms with E-state index in [2.05, 4.69) is 17.0 Å². The Hall–Kier alpha value is -2.59. The van der Waals surface area contributed by atoms with E-state index in [1.165, 1.54) is 11.1 Å². The highest BCUT2D eigenvalue weighted by atomic mass is 35.5. The van der Waals surface area contributed by atoms with Gasteiger partial charge >= 0.3 is 5.97 Å². The van der Waals surface area contributed by atoms with Crippen LogP contribution in [0.2, 0.25) is 5.02 Å². The lowest BCUT2D eigenvalue weighted by Gasteiger charge is -2.45. The first-order valence-corrected chi connectivity index (χ1v) is 17.8. The molecule has 0 saturated heterocycles. The molecule has 8 nitrogen and oxygen atoms in total. The number of aryl methyl sites for hydroxylation is 1. The number of fused-ring (bicyclic) bond motifs is 3. The minimum absolute atomic E-state index is 0.0508. The zero-order valence-corrected chi connectivity index (χ0v) is 27.2. The first-order valence-electron chi connectivity index (χ1n) is 15.8. The van der Waals surface area contributed by atoms with Gasteiger partial charge in [0.25, 0.3) is 0 Å². The van der Waals surface area contributed by atoms with Gasteiger partial charge in [-0.25, -0.2) is 18.4 Å². The average Bonchev–Trinajstić information content (AvgIpc) is 3.10. The van der Waals surface area contributed by atoms with Crippen molar-refractivity contribution in [2.75, 3.05) is 24.6 Å². The van der Waals surface area contributed by atoms with E-state index in [9.17, 15) is 23.4 Å². The number of rotatable bonds is 11. The fourth-order valence-corrected chi connectivity index (χ4v) is 9.10. The van der Waals surface area contributed by atoms with Crippen molar-refractivity contribution >= 4 is 33.3 Å². The number of carboxylic acids is 1. The summed E-state index contributed by atoms with van der Waals surface area (Å²) >= 11 is 6.37. The minimum Gasteiger partial charge on any atom is -0.490 e. The Morgan fingerprint density at radius 1 is 1.25 bits per heavy atom. The second kappa shape index (κ2) is 13.4. The predicted octanol–water partition coefficient (Wildman–Crippen LogP) is 5.94. The van der Waals surface area contributed by atoms with E-state index < -0.39 is 27.3 Å². The Bertz CT molecular complexity index is 1500. The molecule has 10 heteroatoms. The van der Waals surface area contributed by atoms with E-state index in [1.807, 2.05) is 32.1 Å². The molecule has 0 aromatic heterocycles. The van der Waals surface area contributed by atoms with Crippen molar-refractivity contribution in [3.05, 3.63) is 70.3 Å². The molecule has 0 amide bonds. The maximum absolute atomic E-state index is 12.1. The van der Waals surface area contributed by atoms with Crippen LogP contribution >= 0.6 is 11.6 Å². The van der Waals surface area contributed by atoms with Gasteiger partial charge in [0, 0.05) is 23.5 Å². The van der Waals surface area contributed by atoms with Crippen molar-refractivity contribution in [2.24, 2.45) is 22.9 Å². The van der Waals surface area contributed by atoms with Crippen molar-refractivity contribution in [3.63, 3.8) is 0 Å². The van der Waals surface area contributed by atoms with Crippen molar-refractivity contribution in [1.29, 1.82) is 0 Å². The van der Waals surface area contributed by atoms with Gasteiger partial charge in [0.1, 0.15) is 5.75 Å². The standard InChI is InChI=1S/C34H45ClN2O6S/c1-3-6-32(44(36,41)42)22(2)7-4-9-30(38)27-13-10-25(27)19-37-20-34(16-5-8-23-17-26(35)12-14-28(23)34)21-43-31-15-11-24(33(39)40)18-29(31)37/h4,9,11-12,14-15,17-18,22,25,27,30,32,38H,3,5-8,10,13,16,19-21H2,1-2H3,(H,39,40)(H2,36,41,42)/b9-4+/t22-,25+,27-,30+,32-,34+/m1/s1. The molecule has 0 radical (unpaired) electrons. The number of sulfonamides is 1. The molecular weight excluding hydrogens is 600 g/mol. The quantitative estimate of drug-likeness (QED) is 0.258. The molecule has 1 aliphatic heterocycles. The predicted molar refractivity (Wildman–Crippen MR) is 174 cm³/mol. The number of anilines is 1. The Kier molecular flexibility index (Phi) is 10.00. The Morgan fingerprint density at radius 3 is 2.73 bits per heavy atom. The number of carboxylic acid groups (broad SMARTS) is 1. The number of benzene rings is 2. The van der Waals surface area contributed by atoms with Gasteiger partial charge in [0.15, 0.2) is 0 Å². The van der Waals surface area contributed by atoms with E-state index >= 15 is 0 Å². The third kappa shape index (κ3) is 6.96. The summed E-state index contributed by atoms with van der Waals surface area (Å²) in [4.78, 5) is 14.2. The number of primary sulfonamides is 1. The first kappa shape index (κ1) is 32.8. The zero-order chi connectivity index (χ0) is 31.6. The summed E-state index contributed by atoms with van der Waals surface area (Å²) < 4.78 is 30.6. The number of carbonyl (C=O) groups is 1. The van der Waals surface area contributed by atoms with Gasteiger partial charge in [0.05, 0.1) is 29.2 Å². The van der Waals surface area contributed by atoms with Gasteiger partial charge in [-0.2, -0.15) is 0 Å². The number of ether oxygens (including phenoxy) is 1. The molecule has 1 fully saturated rings. The van der Waals surface area contributed by atoms with Crippen LogP contribution in [0.1, 0.15) is 80.3 Å². The Morgan fingerprint density at radius 2 is 2.05 bits per heavy atom. The van der Waals surface area contributed by atoms with Crippen molar-refractivity contribution in [2.45, 2.75) is 82.0 Å². The summed E-state index contributed by atoms with van der Waals surface area (Å²) in [6.45, 7) is 5.68. The molecule has 2 aromatic carbocycles. The van der Waals surface area contributed by atoms with Gasteiger partial charge in [0.2, 0.25) is 10.0 Å². The van der Waals surface area contributed by atoms with Crippen LogP contribution in [0, 0.1) is 17.8 Å². The fraction of sp³-hybridized carbons (Fsp3) is 0.559. The molecule has 3 aliphatic rings. The van der Waals surface area contributed by atoms with Crippen LogP contribution in [0.4, 0.5) is 5.69 Å². The van der Waals surface area contributed by atoms with Crippen molar-refractivity contribution in [3.8, 4) is 5.75 Å². The van der Waals surface area contributed by atoms with Crippen LogP contribution in [0.5, 0.6) is 5.75 Å². The number of allylic oxidation sites excluding steroid dienone is 1. The topological polar surface area (TPSA) is 130 Å². The van der Waals surface area contributed by atoms with Gasteiger partial charge in [-0.3, -0.25) is 0 Å². The van der Waals surface area contributed by atoms with E-state index in [-0.39, 0.29) is 28.7 Å². The van der Waals surface area contributed by atoms with Gasteiger partial charge < -0.3 is 19.8 Å². The summed E-state index contributed by atoms with van der Waals surface area (Å²) in [7, 11) is -3.64. The van der Waals surface area contributed by atoms with Crippen molar-refractivity contribution in [1.82, 2.24) is 0 Å². The molecular formula is C34H45ClN2O6S. The van der Waals surface area contributed by atoms with E-state index in [0.717, 1.165) is 49.2 Å². The Labute approximate surface area is 266 Å². The SMILES string of the molecule is CCC[C@H]([C@H](C)C/C=C/[C@H](O)[C@@H]1CC[C@H]1CN1C[C@@]2(CCCc3cc(Cl)ccc32)COc2ccc(C(=O)O)cc21)S(N)(=O)=O. The van der Waals surface area contributed by atoms with Crippen LogP contribution in [-0.4, -0.2) is 55.7 Å². The second-order valence-corrected chi connectivity index (χ2v) is 15.4. The highest BCUT2D eigenvalue weighted by molar-refractivity contribution is 7.89. The van der Waals surface area contributed by atoms with E-state index in [1.54, 1.807) is 18.2 Å². The lowest BCUT2D eigenvalue weighted by molar-refractivity contribution is 0.0455. The van der Waals surface area contributed by atoms with Crippen LogP contribution in [0.3, 0.4) is 0 Å². The molecule has 0 unspecified atom stereocenters. The van der Waals surface area contributed by atoms with Crippen LogP contribution < -0.4 is 14.8 Å². The molecule has 1 heterocycles. The van der Waals surface area contributed by atoms with E-state index in [4.69, 9.17) is 21.5 Å². The molecule has 1 spiro atoms. The summed E-state index contributed by atoms with van der Waals surface area (Å²) in [5.74, 6) is -0.199. The molecule has 4 N–H and O–H groups in total. The van der Waals surface area contributed by atoms with Gasteiger partial charge in [-0.15, -0.1) is 0 Å². The number of hydrogen-bond donors (Lipinski definition) is 3. The second-order valence-electron chi connectivity index (χ2n) is 13.1. The smallest absolute Gasteiger partial charge is 0.335 e. The number of nitrogens with zero attached hydrogens (tertiary/aromatic N) is 1. The fourth-order valence-electron chi connectivity index (χ4n) is 7.59. The summed E-state index contributed by atoms with van der Waals surface area (Å²) in [6.07, 6.45) is 9.61. The van der Waals surface area contributed by atoms with Crippen LogP contribution in [0.15, 0.2) is 48.6 Å².